The van der Waals surface area contributed by atoms with Gasteiger partial charge in [-0.2, -0.15) is 0 Å². The molecule has 5 nitrogen and oxygen atoms in total. The van der Waals surface area contributed by atoms with Crippen molar-refractivity contribution >= 4 is 23.2 Å². The molecule has 3 rings (SSSR count). The third-order valence-corrected chi connectivity index (χ3v) is 5.83. The Balaban J connectivity index is 1.71. The molecule has 1 aliphatic heterocycles. The van der Waals surface area contributed by atoms with E-state index in [0.29, 0.717) is 10.6 Å². The lowest BCUT2D eigenvalue weighted by Gasteiger charge is -2.20. The summed E-state index contributed by atoms with van der Waals surface area (Å²) in [4.78, 5) is 31.6. The van der Waals surface area contributed by atoms with Crippen molar-refractivity contribution in [2.45, 2.75) is 46.1 Å². The van der Waals surface area contributed by atoms with Gasteiger partial charge in [0.2, 0.25) is 0 Å². The van der Waals surface area contributed by atoms with E-state index < -0.39 is 12.1 Å². The molecule has 2 aromatic rings. The molecule has 2 heterocycles. The van der Waals surface area contributed by atoms with Crippen molar-refractivity contribution < 1.29 is 14.3 Å². The molecule has 0 aliphatic carbocycles. The third kappa shape index (κ3) is 3.96. The predicted octanol–water partition coefficient (Wildman–Crippen LogP) is 3.85. The van der Waals surface area contributed by atoms with Gasteiger partial charge in [0, 0.05) is 18.7 Å². The van der Waals surface area contributed by atoms with Gasteiger partial charge in [0.1, 0.15) is 9.88 Å². The zero-order valence-electron chi connectivity index (χ0n) is 15.4. The third-order valence-electron chi connectivity index (χ3n) is 4.64. The Kier molecular flexibility index (Phi) is 5.71. The molecular weight excluding hydrogens is 348 g/mol. The highest BCUT2D eigenvalue weighted by atomic mass is 32.1. The minimum Gasteiger partial charge on any atom is -0.448 e. The van der Waals surface area contributed by atoms with E-state index >= 15 is 0 Å². The maximum atomic E-state index is 12.5. The molecule has 26 heavy (non-hydrogen) atoms. The average molecular weight is 372 g/mol. The fraction of sp³-hybridized carbons (Fsp3) is 0.450. The number of benzene rings is 1. The van der Waals surface area contributed by atoms with Gasteiger partial charge in [0.05, 0.1) is 5.69 Å². The van der Waals surface area contributed by atoms with Crippen molar-refractivity contribution in [2.75, 3.05) is 13.1 Å². The number of aromatic nitrogens is 1. The Labute approximate surface area is 158 Å². The normalized spacial score (nSPS) is 15.1. The van der Waals surface area contributed by atoms with Crippen molar-refractivity contribution in [3.63, 3.8) is 0 Å². The molecule has 138 valence electrons. The van der Waals surface area contributed by atoms with Crippen LogP contribution < -0.4 is 0 Å². The Morgan fingerprint density at radius 2 is 1.88 bits per heavy atom. The fourth-order valence-corrected chi connectivity index (χ4v) is 4.01. The molecule has 0 bridgehead atoms. The predicted molar refractivity (Wildman–Crippen MR) is 102 cm³/mol. The molecule has 1 aromatic carbocycles. The second kappa shape index (κ2) is 7.99. The SMILES string of the molecule is CCc1ccc(-c2nc(C)c(C(=O)O[C@H](C)C(=O)N3CCCC3)s2)cc1. The molecule has 0 N–H and O–H groups in total. The van der Waals surface area contributed by atoms with Crippen LogP contribution in [0.3, 0.4) is 0 Å². The molecule has 1 aliphatic rings. The van der Waals surface area contributed by atoms with E-state index in [1.54, 1.807) is 18.7 Å². The Morgan fingerprint density at radius 1 is 1.23 bits per heavy atom. The van der Waals surface area contributed by atoms with E-state index in [0.717, 1.165) is 42.9 Å². The lowest BCUT2D eigenvalue weighted by atomic mass is 10.1. The zero-order chi connectivity index (χ0) is 18.7. The number of esters is 1. The van der Waals surface area contributed by atoms with E-state index in [1.807, 2.05) is 12.1 Å². The van der Waals surface area contributed by atoms with Crippen LogP contribution in [0.1, 0.15) is 47.6 Å². The smallest absolute Gasteiger partial charge is 0.351 e. The molecule has 0 unspecified atom stereocenters. The van der Waals surface area contributed by atoms with Crippen molar-refractivity contribution in [3.05, 3.63) is 40.4 Å². The highest BCUT2D eigenvalue weighted by Crippen LogP contribution is 2.29. The molecule has 0 saturated carbocycles. The van der Waals surface area contributed by atoms with Crippen molar-refractivity contribution in [1.82, 2.24) is 9.88 Å². The second-order valence-corrected chi connectivity index (χ2v) is 7.56. The van der Waals surface area contributed by atoms with Crippen LogP contribution >= 0.6 is 11.3 Å². The van der Waals surface area contributed by atoms with Crippen LogP contribution in [0.5, 0.6) is 0 Å². The van der Waals surface area contributed by atoms with E-state index in [9.17, 15) is 9.59 Å². The van der Waals surface area contributed by atoms with Gasteiger partial charge in [-0.3, -0.25) is 4.79 Å². The fourth-order valence-electron chi connectivity index (χ4n) is 3.05. The van der Waals surface area contributed by atoms with Gasteiger partial charge >= 0.3 is 5.97 Å². The topological polar surface area (TPSA) is 59.5 Å². The maximum Gasteiger partial charge on any atom is 0.351 e. The molecule has 0 radical (unpaired) electrons. The molecule has 0 spiro atoms. The summed E-state index contributed by atoms with van der Waals surface area (Å²) in [7, 11) is 0. The summed E-state index contributed by atoms with van der Waals surface area (Å²) < 4.78 is 5.42. The molecule has 1 aromatic heterocycles. The first kappa shape index (κ1) is 18.6. The Bertz CT molecular complexity index is 792. The summed E-state index contributed by atoms with van der Waals surface area (Å²) in [5.41, 5.74) is 2.88. The van der Waals surface area contributed by atoms with Crippen LogP contribution in [0.4, 0.5) is 0 Å². The Morgan fingerprint density at radius 3 is 2.50 bits per heavy atom. The maximum absolute atomic E-state index is 12.5. The standard InChI is InChI=1S/C20H24N2O3S/c1-4-15-7-9-16(10-8-15)18-21-13(2)17(26-18)20(24)25-14(3)19(23)22-11-5-6-12-22/h7-10,14H,4-6,11-12H2,1-3H3/t14-/m1/s1. The second-order valence-electron chi connectivity index (χ2n) is 6.56. The largest absolute Gasteiger partial charge is 0.448 e. The summed E-state index contributed by atoms with van der Waals surface area (Å²) >= 11 is 1.31. The van der Waals surface area contributed by atoms with Crippen molar-refractivity contribution in [2.24, 2.45) is 0 Å². The van der Waals surface area contributed by atoms with Crippen molar-refractivity contribution in [3.8, 4) is 10.6 Å². The van der Waals surface area contributed by atoms with Gasteiger partial charge in [-0.05, 0) is 38.7 Å². The summed E-state index contributed by atoms with van der Waals surface area (Å²) in [6.45, 7) is 7.04. The quantitative estimate of drug-likeness (QED) is 0.748. The molecule has 1 amide bonds. The number of carbonyl (C=O) groups excluding carboxylic acids is 2. The molecule has 6 heteroatoms. The number of ether oxygens (including phenoxy) is 1. The van der Waals surface area contributed by atoms with Gasteiger partial charge in [-0.25, -0.2) is 9.78 Å². The molecular formula is C20H24N2O3S. The van der Waals surface area contributed by atoms with Gasteiger partial charge in [0.25, 0.3) is 5.91 Å². The number of amides is 1. The average Bonchev–Trinajstić information content (AvgIpc) is 3.31. The van der Waals surface area contributed by atoms with Gasteiger partial charge in [0.15, 0.2) is 6.10 Å². The number of aryl methyl sites for hydroxylation is 2. The number of thiazole rings is 1. The molecule has 1 saturated heterocycles. The van der Waals surface area contributed by atoms with Gasteiger partial charge in [-0.15, -0.1) is 11.3 Å². The van der Waals surface area contributed by atoms with Crippen molar-refractivity contribution in [1.29, 1.82) is 0 Å². The lowest BCUT2D eigenvalue weighted by Crippen LogP contribution is -2.38. The summed E-state index contributed by atoms with van der Waals surface area (Å²) in [6.07, 6.45) is 2.24. The molecule has 1 fully saturated rings. The van der Waals surface area contributed by atoms with E-state index in [-0.39, 0.29) is 5.91 Å². The minimum atomic E-state index is -0.769. The number of nitrogens with zero attached hydrogens (tertiary/aromatic N) is 2. The first-order valence-corrected chi connectivity index (χ1v) is 9.87. The monoisotopic (exact) mass is 372 g/mol. The number of carbonyl (C=O) groups is 2. The number of likely N-dealkylation sites (tertiary alicyclic amines) is 1. The number of rotatable bonds is 5. The van der Waals surface area contributed by atoms with Crippen LogP contribution in [0, 0.1) is 6.92 Å². The van der Waals surface area contributed by atoms with Crippen LogP contribution in [-0.4, -0.2) is 41.0 Å². The first-order valence-electron chi connectivity index (χ1n) is 9.06. The highest BCUT2D eigenvalue weighted by molar-refractivity contribution is 7.17. The number of hydrogen-bond acceptors (Lipinski definition) is 5. The van der Waals surface area contributed by atoms with E-state index in [1.165, 1.54) is 16.9 Å². The number of hydrogen-bond donors (Lipinski definition) is 0. The van der Waals surface area contributed by atoms with E-state index in [4.69, 9.17) is 4.74 Å². The summed E-state index contributed by atoms with van der Waals surface area (Å²) in [5.74, 6) is -0.593. The summed E-state index contributed by atoms with van der Waals surface area (Å²) in [5, 5.41) is 0.788. The minimum absolute atomic E-state index is 0.117. The van der Waals surface area contributed by atoms with Crippen LogP contribution in [0.15, 0.2) is 24.3 Å². The van der Waals surface area contributed by atoms with E-state index in [2.05, 4.69) is 24.0 Å². The van der Waals surface area contributed by atoms with Crippen LogP contribution in [-0.2, 0) is 16.0 Å². The first-order chi connectivity index (χ1) is 12.5. The zero-order valence-corrected chi connectivity index (χ0v) is 16.3. The van der Waals surface area contributed by atoms with Gasteiger partial charge in [-0.1, -0.05) is 31.2 Å². The lowest BCUT2D eigenvalue weighted by molar-refractivity contribution is -0.138. The molecule has 1 atom stereocenters. The van der Waals surface area contributed by atoms with Crippen LogP contribution in [0.2, 0.25) is 0 Å². The van der Waals surface area contributed by atoms with Gasteiger partial charge < -0.3 is 9.64 Å². The highest BCUT2D eigenvalue weighted by Gasteiger charge is 2.27. The Hall–Kier alpha value is -2.21. The van der Waals surface area contributed by atoms with Crippen LogP contribution in [0.25, 0.3) is 10.6 Å². The summed E-state index contributed by atoms with van der Waals surface area (Å²) in [6, 6.07) is 8.18.